The molecule has 0 radical (unpaired) electrons. The average molecular weight is 501 g/mol. The Hall–Kier alpha value is -0.860. The highest BCUT2D eigenvalue weighted by Crippen LogP contribution is 2.30. The highest BCUT2D eigenvalue weighted by atomic mass is 127. The van der Waals surface area contributed by atoms with Gasteiger partial charge >= 0.3 is 0 Å². The molecule has 2 aliphatic rings. The van der Waals surface area contributed by atoms with E-state index in [1.54, 1.807) is 0 Å². The number of aryl methyl sites for hydroxylation is 1. The number of aliphatic imine (C=N–C) groups is 1. The standard InChI is InChI=1S/C22H35N3O2.HI/c1-23-22(24-12-5-13-27-17-18-10-14-26-15-11-18)25-16-20-8-4-7-19-6-2-3-9-21(19)20;/h2-3,6,9,18,20H,4-5,7-8,10-17H2,1H3,(H2,23,24,25);1H. The monoisotopic (exact) mass is 501 g/mol. The Morgan fingerprint density at radius 1 is 1.18 bits per heavy atom. The molecule has 1 aromatic carbocycles. The zero-order valence-corrected chi connectivity index (χ0v) is 19.5. The molecule has 3 rings (SSSR count). The molecule has 1 aliphatic heterocycles. The summed E-state index contributed by atoms with van der Waals surface area (Å²) in [4.78, 5) is 4.36. The molecule has 0 saturated carbocycles. The number of guanidine groups is 1. The van der Waals surface area contributed by atoms with Gasteiger partial charge in [-0.15, -0.1) is 24.0 Å². The molecule has 2 N–H and O–H groups in total. The maximum absolute atomic E-state index is 5.83. The van der Waals surface area contributed by atoms with Gasteiger partial charge in [0.2, 0.25) is 0 Å². The Labute approximate surface area is 187 Å². The molecule has 1 atom stereocenters. The molecule has 1 unspecified atom stereocenters. The Morgan fingerprint density at radius 2 is 2.00 bits per heavy atom. The fourth-order valence-electron chi connectivity index (χ4n) is 4.05. The van der Waals surface area contributed by atoms with Gasteiger partial charge in [-0.05, 0) is 55.6 Å². The summed E-state index contributed by atoms with van der Waals surface area (Å²) < 4.78 is 11.2. The van der Waals surface area contributed by atoms with Crippen molar-refractivity contribution in [3.8, 4) is 0 Å². The van der Waals surface area contributed by atoms with Crippen molar-refractivity contribution in [3.05, 3.63) is 35.4 Å². The summed E-state index contributed by atoms with van der Waals surface area (Å²) in [5, 5.41) is 6.92. The van der Waals surface area contributed by atoms with E-state index in [1.807, 2.05) is 7.05 Å². The van der Waals surface area contributed by atoms with Crippen molar-refractivity contribution in [2.75, 3.05) is 46.6 Å². The molecule has 0 bridgehead atoms. The average Bonchev–Trinajstić information content (AvgIpc) is 2.73. The summed E-state index contributed by atoms with van der Waals surface area (Å²) in [6.45, 7) is 5.28. The highest BCUT2D eigenvalue weighted by Gasteiger charge is 2.19. The molecule has 1 saturated heterocycles. The maximum Gasteiger partial charge on any atom is 0.190 e. The number of halogens is 1. The first kappa shape index (κ1) is 23.4. The van der Waals surface area contributed by atoms with Crippen molar-refractivity contribution in [2.24, 2.45) is 10.9 Å². The van der Waals surface area contributed by atoms with E-state index in [0.29, 0.717) is 11.8 Å². The van der Waals surface area contributed by atoms with Gasteiger partial charge in [-0.1, -0.05) is 24.3 Å². The van der Waals surface area contributed by atoms with E-state index in [0.717, 1.165) is 64.7 Å². The quantitative estimate of drug-likeness (QED) is 0.247. The van der Waals surface area contributed by atoms with E-state index in [2.05, 4.69) is 39.9 Å². The number of benzene rings is 1. The fraction of sp³-hybridized carbons (Fsp3) is 0.682. The normalized spacial score (nSPS) is 20.2. The largest absolute Gasteiger partial charge is 0.381 e. The van der Waals surface area contributed by atoms with Crippen LogP contribution in [-0.4, -0.2) is 52.5 Å². The summed E-state index contributed by atoms with van der Waals surface area (Å²) in [5.74, 6) is 2.15. The molecule has 0 amide bonds. The number of nitrogens with one attached hydrogen (secondary N) is 2. The van der Waals surface area contributed by atoms with Crippen LogP contribution in [0, 0.1) is 5.92 Å². The first-order valence-electron chi connectivity index (χ1n) is 10.5. The SMILES string of the molecule is CN=C(NCCCOCC1CCOCC1)NCC1CCCc2ccccc21.I. The lowest BCUT2D eigenvalue weighted by molar-refractivity contribution is 0.0203. The lowest BCUT2D eigenvalue weighted by atomic mass is 9.83. The molecule has 6 heteroatoms. The van der Waals surface area contributed by atoms with Crippen molar-refractivity contribution in [2.45, 2.75) is 44.4 Å². The smallest absolute Gasteiger partial charge is 0.190 e. The van der Waals surface area contributed by atoms with Crippen LogP contribution in [0.2, 0.25) is 0 Å². The Balaban J connectivity index is 0.00000280. The van der Waals surface area contributed by atoms with E-state index in [4.69, 9.17) is 9.47 Å². The van der Waals surface area contributed by atoms with Gasteiger partial charge in [0.05, 0.1) is 0 Å². The van der Waals surface area contributed by atoms with Crippen LogP contribution in [0.15, 0.2) is 29.3 Å². The summed E-state index contributed by atoms with van der Waals surface area (Å²) in [7, 11) is 1.84. The van der Waals surface area contributed by atoms with Gasteiger partial charge in [0.15, 0.2) is 5.96 Å². The number of rotatable bonds is 8. The van der Waals surface area contributed by atoms with Crippen molar-refractivity contribution in [1.29, 1.82) is 0 Å². The van der Waals surface area contributed by atoms with Gasteiger partial charge in [-0.2, -0.15) is 0 Å². The van der Waals surface area contributed by atoms with Gasteiger partial charge < -0.3 is 20.1 Å². The third-order valence-electron chi connectivity index (χ3n) is 5.69. The van der Waals surface area contributed by atoms with Gasteiger partial charge in [0, 0.05) is 52.5 Å². The molecule has 1 heterocycles. The van der Waals surface area contributed by atoms with Gasteiger partial charge in [-0.25, -0.2) is 0 Å². The summed E-state index contributed by atoms with van der Waals surface area (Å²) >= 11 is 0. The molecular weight excluding hydrogens is 465 g/mol. The van der Waals surface area contributed by atoms with Crippen molar-refractivity contribution in [3.63, 3.8) is 0 Å². The third-order valence-corrected chi connectivity index (χ3v) is 5.69. The molecule has 158 valence electrons. The molecule has 1 aromatic rings. The van der Waals surface area contributed by atoms with Crippen molar-refractivity contribution in [1.82, 2.24) is 10.6 Å². The van der Waals surface area contributed by atoms with Crippen LogP contribution in [0.4, 0.5) is 0 Å². The molecule has 1 aliphatic carbocycles. The van der Waals surface area contributed by atoms with Gasteiger partial charge in [0.1, 0.15) is 0 Å². The lowest BCUT2D eigenvalue weighted by Gasteiger charge is -2.26. The highest BCUT2D eigenvalue weighted by molar-refractivity contribution is 14.0. The van der Waals surface area contributed by atoms with Crippen molar-refractivity contribution >= 4 is 29.9 Å². The second-order valence-electron chi connectivity index (χ2n) is 7.65. The second kappa shape index (κ2) is 13.4. The summed E-state index contributed by atoms with van der Waals surface area (Å²) in [6.07, 6.45) is 7.02. The maximum atomic E-state index is 5.83. The minimum atomic E-state index is 0. The third kappa shape index (κ3) is 7.52. The van der Waals surface area contributed by atoms with Crippen LogP contribution in [0.5, 0.6) is 0 Å². The lowest BCUT2D eigenvalue weighted by Crippen LogP contribution is -2.40. The Bertz CT molecular complexity index is 591. The van der Waals surface area contributed by atoms with Crippen LogP contribution in [0.25, 0.3) is 0 Å². The second-order valence-corrected chi connectivity index (χ2v) is 7.65. The molecule has 28 heavy (non-hydrogen) atoms. The fourth-order valence-corrected chi connectivity index (χ4v) is 4.05. The number of nitrogens with zero attached hydrogens (tertiary/aromatic N) is 1. The number of fused-ring (bicyclic) bond motifs is 1. The van der Waals surface area contributed by atoms with E-state index in [9.17, 15) is 0 Å². The zero-order chi connectivity index (χ0) is 18.7. The van der Waals surface area contributed by atoms with Crippen LogP contribution >= 0.6 is 24.0 Å². The van der Waals surface area contributed by atoms with Crippen LogP contribution < -0.4 is 10.6 Å². The van der Waals surface area contributed by atoms with E-state index in [1.165, 1.54) is 30.4 Å². The van der Waals surface area contributed by atoms with E-state index < -0.39 is 0 Å². The minimum Gasteiger partial charge on any atom is -0.381 e. The van der Waals surface area contributed by atoms with Crippen LogP contribution in [0.3, 0.4) is 0 Å². The topological polar surface area (TPSA) is 54.9 Å². The van der Waals surface area contributed by atoms with Gasteiger partial charge in [0.25, 0.3) is 0 Å². The molecular formula is C22H36IN3O2. The molecule has 0 spiro atoms. The number of hydrogen-bond acceptors (Lipinski definition) is 3. The first-order valence-corrected chi connectivity index (χ1v) is 10.5. The minimum absolute atomic E-state index is 0. The number of hydrogen-bond donors (Lipinski definition) is 2. The molecule has 0 aromatic heterocycles. The first-order chi connectivity index (χ1) is 13.4. The predicted octanol–water partition coefficient (Wildman–Crippen LogP) is 3.72. The zero-order valence-electron chi connectivity index (χ0n) is 17.1. The van der Waals surface area contributed by atoms with Gasteiger partial charge in [-0.3, -0.25) is 4.99 Å². The molecule has 1 fully saturated rings. The van der Waals surface area contributed by atoms with Crippen LogP contribution in [-0.2, 0) is 15.9 Å². The van der Waals surface area contributed by atoms with E-state index in [-0.39, 0.29) is 24.0 Å². The van der Waals surface area contributed by atoms with Crippen molar-refractivity contribution < 1.29 is 9.47 Å². The number of ether oxygens (including phenoxy) is 2. The molecule has 5 nitrogen and oxygen atoms in total. The van der Waals surface area contributed by atoms with Crippen LogP contribution in [0.1, 0.15) is 49.1 Å². The Kier molecular flexibility index (Phi) is 11.2. The summed E-state index contributed by atoms with van der Waals surface area (Å²) in [5.41, 5.74) is 3.02. The van der Waals surface area contributed by atoms with E-state index >= 15 is 0 Å². The summed E-state index contributed by atoms with van der Waals surface area (Å²) in [6, 6.07) is 8.87. The Morgan fingerprint density at radius 3 is 2.82 bits per heavy atom. The predicted molar refractivity (Wildman–Crippen MR) is 126 cm³/mol.